The molecule has 0 saturated carbocycles. The number of nitrogens with zero attached hydrogens (tertiary/aromatic N) is 4. The van der Waals surface area contributed by atoms with E-state index in [-0.39, 0.29) is 18.6 Å². The van der Waals surface area contributed by atoms with Gasteiger partial charge in [0.25, 0.3) is 0 Å². The van der Waals surface area contributed by atoms with E-state index in [9.17, 15) is 18.3 Å². The standard InChI is InChI=1S/C16H24F3N5O/c17-16(18,19)10-23-5-3-12(8-23)7-20-14-6-15(22-11-21-14)24-4-1-2-13(24)9-25/h6,11-13,25H,1-5,7-10H2,(H,20,21,22). The van der Waals surface area contributed by atoms with Gasteiger partial charge in [0.05, 0.1) is 19.2 Å². The Kier molecular flexibility index (Phi) is 5.63. The second-order valence-corrected chi connectivity index (χ2v) is 6.82. The Morgan fingerprint density at radius 1 is 1.24 bits per heavy atom. The molecule has 0 radical (unpaired) electrons. The molecule has 0 spiro atoms. The van der Waals surface area contributed by atoms with Gasteiger partial charge in [-0.1, -0.05) is 0 Å². The minimum Gasteiger partial charge on any atom is -0.394 e. The molecule has 1 aromatic rings. The van der Waals surface area contributed by atoms with Crippen molar-refractivity contribution in [1.29, 1.82) is 0 Å². The molecule has 2 atom stereocenters. The predicted octanol–water partition coefficient (Wildman–Crippen LogP) is 1.73. The van der Waals surface area contributed by atoms with Gasteiger partial charge in [0.1, 0.15) is 18.0 Å². The SMILES string of the molecule is OCC1CCCN1c1cc(NCC2CCN(CC(F)(F)F)C2)ncn1. The number of alkyl halides is 3. The zero-order valence-electron chi connectivity index (χ0n) is 14.0. The minimum absolute atomic E-state index is 0.0912. The van der Waals surface area contributed by atoms with E-state index >= 15 is 0 Å². The van der Waals surface area contributed by atoms with Crippen molar-refractivity contribution in [2.24, 2.45) is 5.92 Å². The van der Waals surface area contributed by atoms with Gasteiger partial charge in [-0.2, -0.15) is 13.2 Å². The van der Waals surface area contributed by atoms with Crippen LogP contribution in [0.5, 0.6) is 0 Å². The molecular formula is C16H24F3N5O. The van der Waals surface area contributed by atoms with Gasteiger partial charge < -0.3 is 15.3 Å². The molecule has 25 heavy (non-hydrogen) atoms. The van der Waals surface area contributed by atoms with Crippen molar-refractivity contribution in [3.8, 4) is 0 Å². The summed E-state index contributed by atoms with van der Waals surface area (Å²) in [4.78, 5) is 12.0. The van der Waals surface area contributed by atoms with Crippen LogP contribution in [0, 0.1) is 5.92 Å². The van der Waals surface area contributed by atoms with Crippen LogP contribution < -0.4 is 10.2 Å². The van der Waals surface area contributed by atoms with Crippen molar-refractivity contribution in [3.05, 3.63) is 12.4 Å². The van der Waals surface area contributed by atoms with Crippen LogP contribution in [0.3, 0.4) is 0 Å². The minimum atomic E-state index is -4.14. The van der Waals surface area contributed by atoms with Crippen molar-refractivity contribution in [2.45, 2.75) is 31.5 Å². The van der Waals surface area contributed by atoms with E-state index in [0.717, 1.165) is 31.6 Å². The average molecular weight is 359 g/mol. The molecule has 2 aliphatic heterocycles. The van der Waals surface area contributed by atoms with E-state index in [1.807, 2.05) is 6.07 Å². The first-order valence-corrected chi connectivity index (χ1v) is 8.67. The van der Waals surface area contributed by atoms with Gasteiger partial charge in [-0.3, -0.25) is 4.90 Å². The predicted molar refractivity (Wildman–Crippen MR) is 88.6 cm³/mol. The molecule has 6 nitrogen and oxygen atoms in total. The molecule has 140 valence electrons. The van der Waals surface area contributed by atoms with E-state index in [2.05, 4.69) is 20.2 Å². The molecule has 9 heteroatoms. The average Bonchev–Trinajstić information content (AvgIpc) is 3.20. The number of aliphatic hydroxyl groups is 1. The number of likely N-dealkylation sites (tertiary alicyclic amines) is 1. The molecule has 3 rings (SSSR count). The zero-order valence-corrected chi connectivity index (χ0v) is 14.0. The first-order valence-electron chi connectivity index (χ1n) is 8.67. The first-order chi connectivity index (χ1) is 11.9. The summed E-state index contributed by atoms with van der Waals surface area (Å²) in [7, 11) is 0. The second-order valence-electron chi connectivity index (χ2n) is 6.82. The summed E-state index contributed by atoms with van der Waals surface area (Å²) in [5.41, 5.74) is 0. The number of anilines is 2. The topological polar surface area (TPSA) is 64.5 Å². The molecule has 3 heterocycles. The van der Waals surface area contributed by atoms with Crippen molar-refractivity contribution in [3.63, 3.8) is 0 Å². The Balaban J connectivity index is 1.52. The highest BCUT2D eigenvalue weighted by molar-refractivity contribution is 5.49. The largest absolute Gasteiger partial charge is 0.401 e. The third-order valence-electron chi connectivity index (χ3n) is 4.88. The fourth-order valence-electron chi connectivity index (χ4n) is 3.65. The number of aromatic nitrogens is 2. The highest BCUT2D eigenvalue weighted by Crippen LogP contribution is 2.26. The highest BCUT2D eigenvalue weighted by atomic mass is 19.4. The van der Waals surface area contributed by atoms with Gasteiger partial charge in [-0.15, -0.1) is 0 Å². The van der Waals surface area contributed by atoms with Crippen molar-refractivity contribution in [1.82, 2.24) is 14.9 Å². The molecule has 1 aromatic heterocycles. The Bertz CT molecular complexity index is 571. The molecule has 2 fully saturated rings. The maximum Gasteiger partial charge on any atom is 0.401 e. The van der Waals surface area contributed by atoms with Crippen LogP contribution in [0.1, 0.15) is 19.3 Å². The van der Waals surface area contributed by atoms with Crippen LogP contribution in [0.15, 0.2) is 12.4 Å². The lowest BCUT2D eigenvalue weighted by Gasteiger charge is -2.24. The van der Waals surface area contributed by atoms with E-state index in [1.54, 1.807) is 0 Å². The molecular weight excluding hydrogens is 335 g/mol. The summed E-state index contributed by atoms with van der Waals surface area (Å²) in [5, 5.41) is 12.7. The number of hydrogen-bond donors (Lipinski definition) is 2. The summed E-state index contributed by atoms with van der Waals surface area (Å²) in [6, 6.07) is 1.93. The van der Waals surface area contributed by atoms with Crippen molar-refractivity contribution < 1.29 is 18.3 Å². The number of halogens is 3. The lowest BCUT2D eigenvalue weighted by Crippen LogP contribution is -2.33. The van der Waals surface area contributed by atoms with E-state index in [0.29, 0.717) is 25.5 Å². The van der Waals surface area contributed by atoms with Gasteiger partial charge in [0.15, 0.2) is 0 Å². The van der Waals surface area contributed by atoms with E-state index in [1.165, 1.54) is 11.2 Å². The smallest absolute Gasteiger partial charge is 0.394 e. The van der Waals surface area contributed by atoms with E-state index < -0.39 is 12.7 Å². The normalized spacial score (nSPS) is 24.9. The fraction of sp³-hybridized carbons (Fsp3) is 0.750. The molecule has 0 bridgehead atoms. The first kappa shape index (κ1) is 18.2. The molecule has 0 amide bonds. The molecule has 2 N–H and O–H groups in total. The Labute approximate surface area is 145 Å². The molecule has 0 aliphatic carbocycles. The summed E-state index contributed by atoms with van der Waals surface area (Å²) < 4.78 is 37.3. The maximum absolute atomic E-state index is 12.4. The quantitative estimate of drug-likeness (QED) is 0.807. The fourth-order valence-corrected chi connectivity index (χ4v) is 3.65. The number of hydrogen-bond acceptors (Lipinski definition) is 6. The van der Waals surface area contributed by atoms with Crippen molar-refractivity contribution >= 4 is 11.6 Å². The summed E-state index contributed by atoms with van der Waals surface area (Å²) in [6.45, 7) is 1.64. The maximum atomic E-state index is 12.4. The van der Waals surface area contributed by atoms with Crippen molar-refractivity contribution in [2.75, 3.05) is 49.5 Å². The lowest BCUT2D eigenvalue weighted by molar-refractivity contribution is -0.143. The zero-order chi connectivity index (χ0) is 17.9. The second kappa shape index (κ2) is 7.74. The van der Waals surface area contributed by atoms with Crippen LogP contribution in [0.4, 0.5) is 24.8 Å². The van der Waals surface area contributed by atoms with Gasteiger partial charge >= 0.3 is 6.18 Å². The van der Waals surface area contributed by atoms with Gasteiger partial charge in [-0.05, 0) is 31.7 Å². The lowest BCUT2D eigenvalue weighted by atomic mass is 10.1. The molecule has 2 aliphatic rings. The number of nitrogens with one attached hydrogen (secondary N) is 1. The Morgan fingerprint density at radius 3 is 2.84 bits per heavy atom. The van der Waals surface area contributed by atoms with Crippen LogP contribution in [-0.2, 0) is 0 Å². The molecule has 2 unspecified atom stereocenters. The summed E-state index contributed by atoms with van der Waals surface area (Å²) in [5.74, 6) is 1.62. The summed E-state index contributed by atoms with van der Waals surface area (Å²) in [6.07, 6.45) is 0.0626. The van der Waals surface area contributed by atoms with Crippen LogP contribution in [-0.4, -0.2) is 71.5 Å². The van der Waals surface area contributed by atoms with Crippen LogP contribution >= 0.6 is 0 Å². The van der Waals surface area contributed by atoms with E-state index in [4.69, 9.17) is 0 Å². The van der Waals surface area contributed by atoms with Gasteiger partial charge in [0.2, 0.25) is 0 Å². The van der Waals surface area contributed by atoms with Crippen LogP contribution in [0.2, 0.25) is 0 Å². The summed E-state index contributed by atoms with van der Waals surface area (Å²) >= 11 is 0. The Hall–Kier alpha value is -1.61. The molecule has 2 saturated heterocycles. The Morgan fingerprint density at radius 2 is 2.08 bits per heavy atom. The monoisotopic (exact) mass is 359 g/mol. The number of rotatable bonds is 6. The molecule has 0 aromatic carbocycles. The van der Waals surface area contributed by atoms with Gasteiger partial charge in [-0.25, -0.2) is 9.97 Å². The van der Waals surface area contributed by atoms with Gasteiger partial charge in [0, 0.05) is 25.7 Å². The third-order valence-corrected chi connectivity index (χ3v) is 4.88. The number of aliphatic hydroxyl groups excluding tert-OH is 1. The highest BCUT2D eigenvalue weighted by Gasteiger charge is 2.34. The van der Waals surface area contributed by atoms with Crippen LogP contribution in [0.25, 0.3) is 0 Å². The third kappa shape index (κ3) is 4.94.